The van der Waals surface area contributed by atoms with E-state index in [1.807, 2.05) is 0 Å². The van der Waals surface area contributed by atoms with Crippen LogP contribution in [0.2, 0.25) is 0 Å². The lowest BCUT2D eigenvalue weighted by Gasteiger charge is -2.32. The summed E-state index contributed by atoms with van der Waals surface area (Å²) in [4.78, 5) is 0. The highest BCUT2D eigenvalue weighted by Crippen LogP contribution is 2.46. The number of ether oxygens (including phenoxy) is 1. The van der Waals surface area contributed by atoms with Gasteiger partial charge in [-0.15, -0.1) is 5.10 Å². The van der Waals surface area contributed by atoms with E-state index in [0.29, 0.717) is 50.7 Å². The van der Waals surface area contributed by atoms with Gasteiger partial charge in [0.15, 0.2) is 5.76 Å². The number of rotatable bonds is 3. The normalized spacial score (nSPS) is 29.1. The molecule has 0 saturated heterocycles. The summed E-state index contributed by atoms with van der Waals surface area (Å²) in [5.41, 5.74) is -3.60. The van der Waals surface area contributed by atoms with Gasteiger partial charge in [0.2, 0.25) is 11.5 Å². The van der Waals surface area contributed by atoms with Crippen molar-refractivity contribution in [1.29, 1.82) is 0 Å². The second kappa shape index (κ2) is 6.46. The number of fused-ring (bicyclic) bond motifs is 3. The second-order valence-corrected chi connectivity index (χ2v) is 8.61. The Bertz CT molecular complexity index is 906. The van der Waals surface area contributed by atoms with Gasteiger partial charge in [-0.2, -0.15) is 13.2 Å². The van der Waals surface area contributed by atoms with E-state index in [0.717, 1.165) is 0 Å². The second-order valence-electron chi connectivity index (χ2n) is 8.61. The first-order valence-corrected chi connectivity index (χ1v) is 9.65. The van der Waals surface area contributed by atoms with E-state index in [9.17, 15) is 23.4 Å². The molecule has 29 heavy (non-hydrogen) atoms. The van der Waals surface area contributed by atoms with Crippen LogP contribution in [-0.2, 0) is 12.1 Å². The van der Waals surface area contributed by atoms with Crippen LogP contribution in [0.4, 0.5) is 13.2 Å². The third kappa shape index (κ3) is 3.42. The minimum atomic E-state index is -4.88. The molecule has 2 aromatic heterocycles. The highest BCUT2D eigenvalue weighted by molar-refractivity contribution is 5.63. The number of aliphatic hydroxyl groups is 2. The molecule has 0 aromatic carbocycles. The number of nitrogens with zero attached hydrogens (tertiary/aromatic N) is 3. The standard InChI is InChI=1S/C19H24F3N3O4/c1-10-9-25-12(8-13(23-25)28-11-4-6-17(2,26)7-5-11)15-14(10)16(24-29-15)18(3,27)19(20,21)22/h8,10-11,26-27H,4-7,9H2,1-3H3/t10-,11?,17?,18+/m1/s1. The predicted octanol–water partition coefficient (Wildman–Crippen LogP) is 3.50. The summed E-state index contributed by atoms with van der Waals surface area (Å²) in [5.74, 6) is 0.134. The summed E-state index contributed by atoms with van der Waals surface area (Å²) >= 11 is 0. The van der Waals surface area contributed by atoms with Crippen molar-refractivity contribution in [2.75, 3.05) is 0 Å². The van der Waals surface area contributed by atoms with Gasteiger partial charge in [-0.25, -0.2) is 0 Å². The molecule has 2 aliphatic rings. The highest BCUT2D eigenvalue weighted by atomic mass is 19.4. The van der Waals surface area contributed by atoms with Gasteiger partial charge in [0, 0.05) is 24.1 Å². The monoisotopic (exact) mass is 415 g/mol. The number of hydrogen-bond donors (Lipinski definition) is 2. The number of aromatic nitrogens is 3. The van der Waals surface area contributed by atoms with Crippen LogP contribution in [-0.4, -0.2) is 43.0 Å². The Labute approximate surface area is 165 Å². The summed E-state index contributed by atoms with van der Waals surface area (Å²) in [5, 5.41) is 28.1. The molecule has 0 radical (unpaired) electrons. The molecule has 2 aromatic rings. The molecule has 10 heteroatoms. The zero-order valence-electron chi connectivity index (χ0n) is 16.5. The van der Waals surface area contributed by atoms with Crippen LogP contribution >= 0.6 is 0 Å². The maximum Gasteiger partial charge on any atom is 0.422 e. The maximum absolute atomic E-state index is 13.3. The van der Waals surface area contributed by atoms with Crippen molar-refractivity contribution in [3.05, 3.63) is 17.3 Å². The van der Waals surface area contributed by atoms with Gasteiger partial charge >= 0.3 is 6.18 Å². The fourth-order valence-corrected chi connectivity index (χ4v) is 4.05. The molecule has 0 amide bonds. The largest absolute Gasteiger partial charge is 0.473 e. The molecule has 0 bridgehead atoms. The first-order valence-electron chi connectivity index (χ1n) is 9.65. The smallest absolute Gasteiger partial charge is 0.422 e. The van der Waals surface area contributed by atoms with E-state index in [-0.39, 0.29) is 23.3 Å². The maximum atomic E-state index is 13.3. The van der Waals surface area contributed by atoms with E-state index in [2.05, 4.69) is 10.3 Å². The summed E-state index contributed by atoms with van der Waals surface area (Å²) < 4.78 is 52.8. The van der Waals surface area contributed by atoms with Crippen LogP contribution in [0.25, 0.3) is 11.5 Å². The topological polar surface area (TPSA) is 93.5 Å². The Morgan fingerprint density at radius 3 is 2.59 bits per heavy atom. The van der Waals surface area contributed by atoms with Crippen molar-refractivity contribution in [2.24, 2.45) is 0 Å². The molecule has 1 fully saturated rings. The summed E-state index contributed by atoms with van der Waals surface area (Å²) in [6.45, 7) is 4.53. The van der Waals surface area contributed by atoms with E-state index < -0.39 is 23.1 Å². The van der Waals surface area contributed by atoms with Crippen molar-refractivity contribution in [3.8, 4) is 17.3 Å². The Morgan fingerprint density at radius 1 is 1.31 bits per heavy atom. The van der Waals surface area contributed by atoms with Crippen molar-refractivity contribution >= 4 is 0 Å². The van der Waals surface area contributed by atoms with Gasteiger partial charge in [-0.3, -0.25) is 4.68 Å². The third-order valence-corrected chi connectivity index (χ3v) is 5.97. The minimum Gasteiger partial charge on any atom is -0.473 e. The van der Waals surface area contributed by atoms with Crippen molar-refractivity contribution in [2.45, 2.75) is 82.4 Å². The van der Waals surface area contributed by atoms with E-state index in [1.165, 1.54) is 0 Å². The number of alkyl halides is 3. The third-order valence-electron chi connectivity index (χ3n) is 5.97. The first kappa shape index (κ1) is 20.2. The van der Waals surface area contributed by atoms with Gasteiger partial charge in [0.25, 0.3) is 0 Å². The Hall–Kier alpha value is -2.07. The molecule has 1 aliphatic carbocycles. The molecule has 0 unspecified atom stereocenters. The van der Waals surface area contributed by atoms with Crippen LogP contribution < -0.4 is 4.74 Å². The molecule has 7 nitrogen and oxygen atoms in total. The average Bonchev–Trinajstić information content (AvgIpc) is 3.20. The van der Waals surface area contributed by atoms with Gasteiger partial charge in [-0.05, 0) is 39.5 Å². The van der Waals surface area contributed by atoms with Crippen molar-refractivity contribution in [1.82, 2.24) is 14.9 Å². The van der Waals surface area contributed by atoms with Crippen molar-refractivity contribution in [3.63, 3.8) is 0 Å². The summed E-state index contributed by atoms with van der Waals surface area (Å²) in [6, 6.07) is 1.62. The van der Waals surface area contributed by atoms with Crippen LogP contribution in [0.15, 0.2) is 10.6 Å². The lowest BCUT2D eigenvalue weighted by molar-refractivity contribution is -0.261. The number of hydrogen-bond acceptors (Lipinski definition) is 6. The van der Waals surface area contributed by atoms with Crippen LogP contribution in [0.1, 0.15) is 63.6 Å². The fourth-order valence-electron chi connectivity index (χ4n) is 4.05. The van der Waals surface area contributed by atoms with Gasteiger partial charge in [0.1, 0.15) is 17.5 Å². The van der Waals surface area contributed by atoms with Crippen LogP contribution in [0, 0.1) is 0 Å². The quantitative estimate of drug-likeness (QED) is 0.797. The number of halogens is 3. The van der Waals surface area contributed by atoms with E-state index >= 15 is 0 Å². The molecular formula is C19H24F3N3O4. The highest BCUT2D eigenvalue weighted by Gasteiger charge is 2.55. The molecular weight excluding hydrogens is 391 g/mol. The zero-order valence-corrected chi connectivity index (χ0v) is 16.5. The van der Waals surface area contributed by atoms with E-state index in [1.54, 1.807) is 24.6 Å². The van der Waals surface area contributed by atoms with E-state index in [4.69, 9.17) is 9.26 Å². The summed E-state index contributed by atoms with van der Waals surface area (Å²) in [7, 11) is 0. The SMILES string of the molecule is C[C@@H]1Cn2nc(OC3CCC(C)(O)CC3)cc2-c2onc([C@](C)(O)C(F)(F)F)c21. The van der Waals surface area contributed by atoms with Gasteiger partial charge < -0.3 is 19.5 Å². The molecule has 0 spiro atoms. The molecule has 160 valence electrons. The lowest BCUT2D eigenvalue weighted by atomic mass is 9.85. The zero-order chi connectivity index (χ0) is 21.2. The van der Waals surface area contributed by atoms with Crippen LogP contribution in [0.3, 0.4) is 0 Å². The minimum absolute atomic E-state index is 0.0830. The van der Waals surface area contributed by atoms with Gasteiger partial charge in [0.05, 0.1) is 5.60 Å². The summed E-state index contributed by atoms with van der Waals surface area (Å²) in [6.07, 6.45) is -2.32. The molecule has 2 atom stereocenters. The molecule has 1 aliphatic heterocycles. The van der Waals surface area contributed by atoms with Crippen LogP contribution in [0.5, 0.6) is 5.88 Å². The molecule has 1 saturated carbocycles. The predicted molar refractivity (Wildman–Crippen MR) is 95.3 cm³/mol. The molecule has 3 heterocycles. The Morgan fingerprint density at radius 2 is 1.97 bits per heavy atom. The molecule has 4 rings (SSSR count). The lowest BCUT2D eigenvalue weighted by Crippen LogP contribution is -2.40. The van der Waals surface area contributed by atoms with Gasteiger partial charge in [-0.1, -0.05) is 12.1 Å². The van der Waals surface area contributed by atoms with Crippen molar-refractivity contribution < 1.29 is 32.6 Å². The molecule has 2 N–H and O–H groups in total. The fraction of sp³-hybridized carbons (Fsp3) is 0.684. The Kier molecular flexibility index (Phi) is 4.51. The first-order chi connectivity index (χ1) is 13.4. The Balaban J connectivity index is 1.62. The average molecular weight is 415 g/mol.